The summed E-state index contributed by atoms with van der Waals surface area (Å²) < 4.78 is 5.37. The van der Waals surface area contributed by atoms with Crippen LogP contribution in [0.25, 0.3) is 10.9 Å². The number of carbonyl (C=O) groups excluding carboxylic acids is 1. The number of carbonyl (C=O) groups is 1. The van der Waals surface area contributed by atoms with E-state index >= 15 is 0 Å². The average Bonchev–Trinajstić information content (AvgIpc) is 3.20. The molecule has 0 atom stereocenters. The number of nitrogens with one attached hydrogen (secondary N) is 2. The third-order valence-electron chi connectivity index (χ3n) is 6.32. The zero-order valence-corrected chi connectivity index (χ0v) is 19.8. The zero-order chi connectivity index (χ0) is 22.3. The van der Waals surface area contributed by atoms with Gasteiger partial charge in [0, 0.05) is 28.9 Å². The Morgan fingerprint density at radius 3 is 2.69 bits per heavy atom. The molecular formula is C26H33N3O2S. The molecule has 0 bridgehead atoms. The normalized spacial score (nSPS) is 14.7. The largest absolute Gasteiger partial charge is 0.497 e. The number of H-pyrrole nitrogens is 1. The van der Waals surface area contributed by atoms with E-state index in [1.807, 2.05) is 36.4 Å². The number of benzene rings is 2. The van der Waals surface area contributed by atoms with Crippen LogP contribution in [0.5, 0.6) is 5.75 Å². The van der Waals surface area contributed by atoms with E-state index in [1.54, 1.807) is 18.9 Å². The predicted octanol–water partition coefficient (Wildman–Crippen LogP) is 5.71. The van der Waals surface area contributed by atoms with Crippen LogP contribution >= 0.6 is 11.8 Å². The summed E-state index contributed by atoms with van der Waals surface area (Å²) in [4.78, 5) is 21.0. The highest BCUT2D eigenvalue weighted by molar-refractivity contribution is 7.99. The minimum absolute atomic E-state index is 0.0566. The number of methoxy groups -OCH3 is 1. The van der Waals surface area contributed by atoms with Crippen LogP contribution in [0.4, 0.5) is 0 Å². The molecule has 0 aliphatic heterocycles. The molecule has 0 unspecified atom stereocenters. The molecule has 5 nitrogen and oxygen atoms in total. The van der Waals surface area contributed by atoms with E-state index in [2.05, 4.69) is 34.4 Å². The molecule has 4 rings (SSSR count). The van der Waals surface area contributed by atoms with E-state index in [-0.39, 0.29) is 5.91 Å². The van der Waals surface area contributed by atoms with Crippen LogP contribution in [-0.4, -0.2) is 49.1 Å². The van der Waals surface area contributed by atoms with Crippen LogP contribution in [0.3, 0.4) is 0 Å². The molecule has 2 aromatic carbocycles. The molecule has 1 aliphatic carbocycles. The number of amides is 1. The molecule has 1 amide bonds. The van der Waals surface area contributed by atoms with Crippen molar-refractivity contribution in [2.24, 2.45) is 0 Å². The average molecular weight is 452 g/mol. The second-order valence-electron chi connectivity index (χ2n) is 8.54. The molecule has 3 aromatic rings. The molecule has 6 heteroatoms. The van der Waals surface area contributed by atoms with Crippen molar-refractivity contribution in [1.82, 2.24) is 15.2 Å². The van der Waals surface area contributed by atoms with Gasteiger partial charge in [-0.3, -0.25) is 4.79 Å². The highest BCUT2D eigenvalue weighted by atomic mass is 32.2. The lowest BCUT2D eigenvalue weighted by Gasteiger charge is -2.31. The van der Waals surface area contributed by atoms with Crippen LogP contribution in [0.2, 0.25) is 0 Å². The van der Waals surface area contributed by atoms with Gasteiger partial charge in [-0.1, -0.05) is 49.2 Å². The van der Waals surface area contributed by atoms with Crippen molar-refractivity contribution in [2.75, 3.05) is 27.2 Å². The fraction of sp³-hybridized carbons (Fsp3) is 0.423. The van der Waals surface area contributed by atoms with Crippen molar-refractivity contribution in [3.63, 3.8) is 0 Å². The van der Waals surface area contributed by atoms with Crippen molar-refractivity contribution in [3.8, 4) is 5.75 Å². The number of fused-ring (bicyclic) bond motifs is 1. The predicted molar refractivity (Wildman–Crippen MR) is 132 cm³/mol. The van der Waals surface area contributed by atoms with Gasteiger partial charge in [0.1, 0.15) is 11.4 Å². The smallest absolute Gasteiger partial charge is 0.268 e. The minimum Gasteiger partial charge on any atom is -0.497 e. The molecule has 1 aliphatic rings. The van der Waals surface area contributed by atoms with Crippen molar-refractivity contribution in [1.29, 1.82) is 0 Å². The quantitative estimate of drug-likeness (QED) is 0.409. The first-order valence-corrected chi connectivity index (χ1v) is 12.4. The zero-order valence-electron chi connectivity index (χ0n) is 19.0. The number of rotatable bonds is 9. The Bertz CT molecular complexity index is 1030. The topological polar surface area (TPSA) is 57.4 Å². The van der Waals surface area contributed by atoms with Gasteiger partial charge in [0.15, 0.2) is 0 Å². The molecule has 0 saturated heterocycles. The Kier molecular flexibility index (Phi) is 7.76. The summed E-state index contributed by atoms with van der Waals surface area (Å²) in [6.07, 6.45) is 7.63. The lowest BCUT2D eigenvalue weighted by atomic mass is 9.94. The van der Waals surface area contributed by atoms with Crippen LogP contribution in [0.15, 0.2) is 58.3 Å². The Morgan fingerprint density at radius 2 is 1.94 bits per heavy atom. The first kappa shape index (κ1) is 22.7. The SMILES string of the molecule is COc1ccc2c(Sc3ccccc3)c(C(=O)NCCCN(C)C3CCCCC3)[nH]c2c1. The summed E-state index contributed by atoms with van der Waals surface area (Å²) in [6, 6.07) is 16.8. The number of hydrogen-bond donors (Lipinski definition) is 2. The lowest BCUT2D eigenvalue weighted by Crippen LogP contribution is -2.36. The van der Waals surface area contributed by atoms with E-state index < -0.39 is 0 Å². The third-order valence-corrected chi connectivity index (χ3v) is 7.46. The van der Waals surface area contributed by atoms with Gasteiger partial charge in [-0.2, -0.15) is 0 Å². The highest BCUT2D eigenvalue weighted by Gasteiger charge is 2.20. The van der Waals surface area contributed by atoms with Crippen LogP contribution < -0.4 is 10.1 Å². The molecule has 32 heavy (non-hydrogen) atoms. The van der Waals surface area contributed by atoms with Gasteiger partial charge in [0.2, 0.25) is 0 Å². The van der Waals surface area contributed by atoms with Gasteiger partial charge in [-0.05, 0) is 57.1 Å². The molecule has 1 saturated carbocycles. The number of nitrogens with zero attached hydrogens (tertiary/aromatic N) is 1. The fourth-order valence-corrected chi connectivity index (χ4v) is 5.54. The van der Waals surface area contributed by atoms with Gasteiger partial charge >= 0.3 is 0 Å². The molecular weight excluding hydrogens is 418 g/mol. The summed E-state index contributed by atoms with van der Waals surface area (Å²) in [5.41, 5.74) is 1.52. The Labute approximate surface area is 194 Å². The summed E-state index contributed by atoms with van der Waals surface area (Å²) in [6.45, 7) is 1.69. The Hall–Kier alpha value is -2.44. The minimum atomic E-state index is -0.0566. The van der Waals surface area contributed by atoms with Crippen LogP contribution in [0, 0.1) is 0 Å². The van der Waals surface area contributed by atoms with Gasteiger partial charge in [0.25, 0.3) is 5.91 Å². The first-order chi connectivity index (χ1) is 15.7. The number of hydrogen-bond acceptors (Lipinski definition) is 4. The molecule has 2 N–H and O–H groups in total. The molecule has 0 radical (unpaired) electrons. The fourth-order valence-electron chi connectivity index (χ4n) is 4.47. The lowest BCUT2D eigenvalue weighted by molar-refractivity contribution is 0.0943. The molecule has 1 fully saturated rings. The second-order valence-corrected chi connectivity index (χ2v) is 9.62. The van der Waals surface area contributed by atoms with Crippen molar-refractivity contribution < 1.29 is 9.53 Å². The Morgan fingerprint density at radius 1 is 1.16 bits per heavy atom. The van der Waals surface area contributed by atoms with E-state index in [0.717, 1.165) is 39.4 Å². The van der Waals surface area contributed by atoms with Crippen molar-refractivity contribution in [3.05, 3.63) is 54.2 Å². The van der Waals surface area contributed by atoms with Crippen molar-refractivity contribution in [2.45, 2.75) is 54.4 Å². The third kappa shape index (κ3) is 5.48. The van der Waals surface area contributed by atoms with Crippen molar-refractivity contribution >= 4 is 28.6 Å². The van der Waals surface area contributed by atoms with Crippen LogP contribution in [0.1, 0.15) is 49.0 Å². The summed E-state index contributed by atoms with van der Waals surface area (Å²) in [5, 5.41) is 4.16. The van der Waals surface area contributed by atoms with Gasteiger partial charge in [-0.25, -0.2) is 0 Å². The van der Waals surface area contributed by atoms with Crippen LogP contribution in [-0.2, 0) is 0 Å². The second kappa shape index (κ2) is 10.9. The summed E-state index contributed by atoms with van der Waals surface area (Å²) >= 11 is 1.61. The first-order valence-electron chi connectivity index (χ1n) is 11.6. The number of aromatic amines is 1. The number of aromatic nitrogens is 1. The maximum absolute atomic E-state index is 13.1. The van der Waals surface area contributed by atoms with Gasteiger partial charge in [-0.15, -0.1) is 0 Å². The summed E-state index contributed by atoms with van der Waals surface area (Å²) in [7, 11) is 3.87. The number of ether oxygens (including phenoxy) is 1. The van der Waals surface area contributed by atoms with E-state index in [1.165, 1.54) is 32.1 Å². The van der Waals surface area contributed by atoms with Gasteiger partial charge in [0.05, 0.1) is 17.5 Å². The molecule has 0 spiro atoms. The monoisotopic (exact) mass is 451 g/mol. The standard InChI is InChI=1S/C26H33N3O2S/c1-29(19-10-5-3-6-11-19)17-9-16-27-26(30)24-25(32-21-12-7-4-8-13-21)22-15-14-20(31-2)18-23(22)28-24/h4,7-8,12-15,18-19,28H,3,5-6,9-11,16-17H2,1-2H3,(H,27,30). The van der Waals surface area contributed by atoms with Gasteiger partial charge < -0.3 is 19.9 Å². The molecule has 170 valence electrons. The van der Waals surface area contributed by atoms with E-state index in [4.69, 9.17) is 4.74 Å². The Balaban J connectivity index is 1.44. The summed E-state index contributed by atoms with van der Waals surface area (Å²) in [5.74, 6) is 0.714. The maximum atomic E-state index is 13.1. The maximum Gasteiger partial charge on any atom is 0.268 e. The molecule has 1 heterocycles. The van der Waals surface area contributed by atoms with E-state index in [0.29, 0.717) is 18.3 Å². The molecule has 1 aromatic heterocycles. The highest BCUT2D eigenvalue weighted by Crippen LogP contribution is 2.37. The van der Waals surface area contributed by atoms with E-state index in [9.17, 15) is 4.79 Å².